The van der Waals surface area contributed by atoms with Gasteiger partial charge in [0, 0.05) is 11.6 Å². The first-order chi connectivity index (χ1) is 11.4. The highest BCUT2D eigenvalue weighted by Gasteiger charge is 2.08. The number of fused-ring (bicyclic) bond motifs is 1. The van der Waals surface area contributed by atoms with E-state index in [-0.39, 0.29) is 5.56 Å². The van der Waals surface area contributed by atoms with Crippen molar-refractivity contribution in [2.24, 2.45) is 0 Å². The number of halogens is 3. The van der Waals surface area contributed by atoms with Crippen molar-refractivity contribution in [2.75, 3.05) is 7.05 Å². The van der Waals surface area contributed by atoms with Crippen molar-refractivity contribution in [3.63, 3.8) is 0 Å². The molecular formula is C17H14Cl3N3O. The molecule has 0 atom stereocenters. The maximum atomic E-state index is 12.1. The monoisotopic (exact) mass is 381 g/mol. The third-order valence-electron chi connectivity index (χ3n) is 3.57. The van der Waals surface area contributed by atoms with Gasteiger partial charge in [0.2, 0.25) is 0 Å². The fourth-order valence-electron chi connectivity index (χ4n) is 2.50. The molecule has 0 radical (unpaired) electrons. The molecule has 1 N–H and O–H groups in total. The quantitative estimate of drug-likeness (QED) is 0.722. The summed E-state index contributed by atoms with van der Waals surface area (Å²) in [6, 6.07) is 10.6. The number of hydrogen-bond acceptors (Lipinski definition) is 3. The van der Waals surface area contributed by atoms with E-state index in [4.69, 9.17) is 34.8 Å². The lowest BCUT2D eigenvalue weighted by molar-refractivity contribution is 0.311. The molecule has 0 aliphatic carbocycles. The van der Waals surface area contributed by atoms with Crippen molar-refractivity contribution in [1.29, 1.82) is 0 Å². The molecule has 1 aromatic heterocycles. The van der Waals surface area contributed by atoms with Gasteiger partial charge in [0.1, 0.15) is 5.82 Å². The fourth-order valence-corrected chi connectivity index (χ4v) is 2.98. The lowest BCUT2D eigenvalue weighted by atomic mass is 10.2. The largest absolute Gasteiger partial charge is 0.309 e. The molecule has 2 aromatic carbocycles. The molecule has 0 amide bonds. The summed E-state index contributed by atoms with van der Waals surface area (Å²) < 4.78 is 0. The Kier molecular flexibility index (Phi) is 5.11. The molecule has 3 rings (SSSR count). The molecular weight excluding hydrogens is 369 g/mol. The molecule has 4 nitrogen and oxygen atoms in total. The van der Waals surface area contributed by atoms with Crippen LogP contribution in [0.3, 0.4) is 0 Å². The lowest BCUT2D eigenvalue weighted by Gasteiger charge is -2.16. The average molecular weight is 383 g/mol. The zero-order valence-electron chi connectivity index (χ0n) is 12.8. The maximum absolute atomic E-state index is 12.1. The standard InChI is InChI=1S/C17H14Cl3N3O/c1-23(8-10-2-5-13(19)14(20)6-10)9-16-21-15-7-11(18)3-4-12(15)17(24)22-16/h2-7H,8-9H2,1H3,(H,21,22,24). The first kappa shape index (κ1) is 17.2. The minimum Gasteiger partial charge on any atom is -0.309 e. The Morgan fingerprint density at radius 2 is 1.83 bits per heavy atom. The van der Waals surface area contributed by atoms with Crippen LogP contribution in [-0.2, 0) is 13.1 Å². The van der Waals surface area contributed by atoms with Gasteiger partial charge in [-0.2, -0.15) is 0 Å². The summed E-state index contributed by atoms with van der Waals surface area (Å²) in [4.78, 5) is 21.5. The minimum atomic E-state index is -0.172. The lowest BCUT2D eigenvalue weighted by Crippen LogP contribution is -2.21. The Bertz CT molecular complexity index is 955. The summed E-state index contributed by atoms with van der Waals surface area (Å²) >= 11 is 17.9. The van der Waals surface area contributed by atoms with Gasteiger partial charge in [-0.25, -0.2) is 4.98 Å². The second-order valence-electron chi connectivity index (χ2n) is 5.59. The Hall–Kier alpha value is -1.59. The van der Waals surface area contributed by atoms with Crippen LogP contribution in [0.1, 0.15) is 11.4 Å². The number of benzene rings is 2. The van der Waals surface area contributed by atoms with Crippen LogP contribution in [0, 0.1) is 0 Å². The summed E-state index contributed by atoms with van der Waals surface area (Å²) in [5, 5.41) is 2.13. The van der Waals surface area contributed by atoms with Crippen LogP contribution in [0.2, 0.25) is 15.1 Å². The van der Waals surface area contributed by atoms with Crippen LogP contribution in [0.15, 0.2) is 41.2 Å². The van der Waals surface area contributed by atoms with Gasteiger partial charge < -0.3 is 4.98 Å². The van der Waals surface area contributed by atoms with Crippen LogP contribution in [0.4, 0.5) is 0 Å². The third kappa shape index (κ3) is 3.90. The predicted molar refractivity (Wildman–Crippen MR) is 99.0 cm³/mol. The molecule has 124 valence electrons. The van der Waals surface area contributed by atoms with Gasteiger partial charge in [0.15, 0.2) is 0 Å². The molecule has 0 saturated heterocycles. The molecule has 24 heavy (non-hydrogen) atoms. The van der Waals surface area contributed by atoms with Gasteiger partial charge in [-0.15, -0.1) is 0 Å². The Balaban J connectivity index is 1.81. The van der Waals surface area contributed by atoms with E-state index in [2.05, 4.69) is 9.97 Å². The molecule has 0 spiro atoms. The van der Waals surface area contributed by atoms with Crippen LogP contribution in [0.25, 0.3) is 10.9 Å². The van der Waals surface area contributed by atoms with Gasteiger partial charge in [0.05, 0.1) is 27.5 Å². The van der Waals surface area contributed by atoms with E-state index in [0.29, 0.717) is 44.9 Å². The molecule has 0 fully saturated rings. The first-order valence-corrected chi connectivity index (χ1v) is 8.37. The highest BCUT2D eigenvalue weighted by atomic mass is 35.5. The number of nitrogens with zero attached hydrogens (tertiary/aromatic N) is 2. The molecule has 0 saturated carbocycles. The van der Waals surface area contributed by atoms with Gasteiger partial charge >= 0.3 is 0 Å². The zero-order chi connectivity index (χ0) is 17.3. The number of aromatic amines is 1. The van der Waals surface area contributed by atoms with E-state index >= 15 is 0 Å². The van der Waals surface area contributed by atoms with E-state index in [1.807, 2.05) is 24.1 Å². The van der Waals surface area contributed by atoms with Crippen LogP contribution in [0.5, 0.6) is 0 Å². The van der Waals surface area contributed by atoms with E-state index in [1.165, 1.54) is 0 Å². The van der Waals surface area contributed by atoms with Crippen molar-refractivity contribution in [3.05, 3.63) is 73.2 Å². The molecule has 3 aromatic rings. The first-order valence-electron chi connectivity index (χ1n) is 7.23. The van der Waals surface area contributed by atoms with E-state index in [0.717, 1.165) is 5.56 Å². The van der Waals surface area contributed by atoms with E-state index in [1.54, 1.807) is 24.3 Å². The number of nitrogens with one attached hydrogen (secondary N) is 1. The van der Waals surface area contributed by atoms with Crippen molar-refractivity contribution < 1.29 is 0 Å². The van der Waals surface area contributed by atoms with Crippen LogP contribution >= 0.6 is 34.8 Å². The second kappa shape index (κ2) is 7.11. The van der Waals surface area contributed by atoms with Gasteiger partial charge in [-0.3, -0.25) is 9.69 Å². The molecule has 0 bridgehead atoms. The Morgan fingerprint density at radius 3 is 2.58 bits per heavy atom. The normalized spacial score (nSPS) is 11.4. The van der Waals surface area contributed by atoms with Crippen molar-refractivity contribution >= 4 is 45.7 Å². The van der Waals surface area contributed by atoms with Crippen LogP contribution in [-0.4, -0.2) is 21.9 Å². The number of H-pyrrole nitrogens is 1. The Morgan fingerprint density at radius 1 is 1.04 bits per heavy atom. The van der Waals surface area contributed by atoms with Gasteiger partial charge in [-0.1, -0.05) is 40.9 Å². The highest BCUT2D eigenvalue weighted by molar-refractivity contribution is 6.42. The summed E-state index contributed by atoms with van der Waals surface area (Å²) in [7, 11) is 1.94. The average Bonchev–Trinajstić information content (AvgIpc) is 2.50. The summed E-state index contributed by atoms with van der Waals surface area (Å²) in [5.41, 5.74) is 1.44. The number of aromatic nitrogens is 2. The zero-order valence-corrected chi connectivity index (χ0v) is 15.1. The number of rotatable bonds is 4. The summed E-state index contributed by atoms with van der Waals surface area (Å²) in [6.45, 7) is 1.13. The highest BCUT2D eigenvalue weighted by Crippen LogP contribution is 2.23. The third-order valence-corrected chi connectivity index (χ3v) is 4.55. The Labute approximate surface area is 154 Å². The molecule has 7 heteroatoms. The van der Waals surface area contributed by atoms with E-state index < -0.39 is 0 Å². The summed E-state index contributed by atoms with van der Waals surface area (Å²) in [6.07, 6.45) is 0. The minimum absolute atomic E-state index is 0.172. The SMILES string of the molecule is CN(Cc1ccc(Cl)c(Cl)c1)Cc1nc2cc(Cl)ccc2c(=O)[nH]1. The van der Waals surface area contributed by atoms with Crippen molar-refractivity contribution in [1.82, 2.24) is 14.9 Å². The number of hydrogen-bond donors (Lipinski definition) is 1. The second-order valence-corrected chi connectivity index (χ2v) is 6.85. The molecule has 0 aliphatic rings. The van der Waals surface area contributed by atoms with Crippen molar-refractivity contribution in [3.8, 4) is 0 Å². The van der Waals surface area contributed by atoms with Crippen molar-refractivity contribution in [2.45, 2.75) is 13.1 Å². The predicted octanol–water partition coefficient (Wildman–Crippen LogP) is 4.52. The fraction of sp³-hybridized carbons (Fsp3) is 0.176. The van der Waals surface area contributed by atoms with Crippen LogP contribution < -0.4 is 5.56 Å². The topological polar surface area (TPSA) is 49.0 Å². The molecule has 1 heterocycles. The maximum Gasteiger partial charge on any atom is 0.258 e. The smallest absolute Gasteiger partial charge is 0.258 e. The van der Waals surface area contributed by atoms with Gasteiger partial charge in [0.25, 0.3) is 5.56 Å². The van der Waals surface area contributed by atoms with Gasteiger partial charge in [-0.05, 0) is 42.9 Å². The molecule has 0 aliphatic heterocycles. The van der Waals surface area contributed by atoms with E-state index in [9.17, 15) is 4.79 Å². The molecule has 0 unspecified atom stereocenters. The summed E-state index contributed by atoms with van der Waals surface area (Å²) in [5.74, 6) is 0.581.